The van der Waals surface area contributed by atoms with Gasteiger partial charge in [0, 0.05) is 17.7 Å². The maximum atomic E-state index is 12.2. The molecule has 1 unspecified atom stereocenters. The van der Waals surface area contributed by atoms with E-state index >= 15 is 0 Å². The highest BCUT2D eigenvalue weighted by molar-refractivity contribution is 5.91. The molecule has 5 heteroatoms. The quantitative estimate of drug-likeness (QED) is 0.478. The molecule has 0 aliphatic rings. The molecule has 158 valence electrons. The van der Waals surface area contributed by atoms with Gasteiger partial charge in [0.25, 0.3) is 5.91 Å². The standard InChI is InChI=1S/C25H30N2O3/c1-3-4-15-26-25(28)24-14-13-23(30-24)19-27(17-20-9-6-5-7-10-20)18-21-11-8-12-22(16-21)29-2/h5-14,16H,3-4,15,17-19H2,1-2H3,(H,26,28)/p+1. The first-order valence-electron chi connectivity index (χ1n) is 10.5. The summed E-state index contributed by atoms with van der Waals surface area (Å²) in [5, 5.41) is 2.91. The molecule has 2 N–H and O–H groups in total. The minimum atomic E-state index is -0.146. The van der Waals surface area contributed by atoms with Crippen molar-refractivity contribution in [3.8, 4) is 5.75 Å². The number of quaternary nitrogens is 1. The molecule has 0 aliphatic carbocycles. The van der Waals surface area contributed by atoms with Gasteiger partial charge >= 0.3 is 0 Å². The van der Waals surface area contributed by atoms with Gasteiger partial charge in [0.05, 0.1) is 7.11 Å². The molecule has 0 aliphatic heterocycles. The van der Waals surface area contributed by atoms with Gasteiger partial charge in [-0.1, -0.05) is 55.8 Å². The molecule has 0 saturated heterocycles. The number of hydrogen-bond acceptors (Lipinski definition) is 3. The van der Waals surface area contributed by atoms with Crippen LogP contribution in [0.5, 0.6) is 5.75 Å². The summed E-state index contributed by atoms with van der Waals surface area (Å²) in [7, 11) is 1.68. The minimum Gasteiger partial charge on any atom is -0.497 e. The van der Waals surface area contributed by atoms with Gasteiger partial charge in [-0.2, -0.15) is 0 Å². The van der Waals surface area contributed by atoms with Crippen molar-refractivity contribution in [2.24, 2.45) is 0 Å². The molecule has 0 saturated carbocycles. The van der Waals surface area contributed by atoms with Gasteiger partial charge in [-0.25, -0.2) is 0 Å². The van der Waals surface area contributed by atoms with Gasteiger partial charge < -0.3 is 19.4 Å². The highest BCUT2D eigenvalue weighted by Crippen LogP contribution is 2.12. The Kier molecular flexibility index (Phi) is 8.10. The number of methoxy groups -OCH3 is 1. The molecule has 0 spiro atoms. The molecule has 2 aromatic carbocycles. The number of hydrogen-bond donors (Lipinski definition) is 2. The second-order valence-corrected chi connectivity index (χ2v) is 7.49. The van der Waals surface area contributed by atoms with Gasteiger partial charge in [0.2, 0.25) is 0 Å². The van der Waals surface area contributed by atoms with Crippen LogP contribution in [-0.2, 0) is 19.6 Å². The molecule has 0 bridgehead atoms. The maximum Gasteiger partial charge on any atom is 0.286 e. The lowest BCUT2D eigenvalue weighted by molar-refractivity contribution is -0.942. The fourth-order valence-electron chi connectivity index (χ4n) is 3.45. The van der Waals surface area contributed by atoms with Crippen LogP contribution in [0.2, 0.25) is 0 Å². The van der Waals surface area contributed by atoms with E-state index in [2.05, 4.69) is 48.6 Å². The molecule has 1 aromatic heterocycles. The Hall–Kier alpha value is -3.05. The van der Waals surface area contributed by atoms with Gasteiger partial charge in [-0.3, -0.25) is 4.79 Å². The summed E-state index contributed by atoms with van der Waals surface area (Å²) in [4.78, 5) is 13.6. The highest BCUT2D eigenvalue weighted by atomic mass is 16.5. The molecule has 1 heterocycles. The molecule has 30 heavy (non-hydrogen) atoms. The first kappa shape index (κ1) is 21.7. The Balaban J connectivity index is 1.71. The molecule has 3 aromatic rings. The number of amides is 1. The van der Waals surface area contributed by atoms with Gasteiger partial charge in [-0.05, 0) is 30.7 Å². The van der Waals surface area contributed by atoms with E-state index in [1.807, 2.05) is 24.3 Å². The third-order valence-corrected chi connectivity index (χ3v) is 5.01. The summed E-state index contributed by atoms with van der Waals surface area (Å²) in [5.41, 5.74) is 2.46. The van der Waals surface area contributed by atoms with Crippen LogP contribution in [0.1, 0.15) is 47.2 Å². The summed E-state index contributed by atoms with van der Waals surface area (Å²) in [5.74, 6) is 1.90. The van der Waals surface area contributed by atoms with E-state index in [1.165, 1.54) is 16.0 Å². The van der Waals surface area contributed by atoms with Crippen molar-refractivity contribution in [2.75, 3.05) is 13.7 Å². The average Bonchev–Trinajstić information content (AvgIpc) is 3.23. The van der Waals surface area contributed by atoms with Crippen molar-refractivity contribution >= 4 is 5.91 Å². The predicted octanol–water partition coefficient (Wildman–Crippen LogP) is 3.60. The van der Waals surface area contributed by atoms with E-state index < -0.39 is 0 Å². The number of unbranched alkanes of at least 4 members (excludes halogenated alkanes) is 1. The number of rotatable bonds is 11. The Bertz CT molecular complexity index is 921. The first-order chi connectivity index (χ1) is 14.7. The fraction of sp³-hybridized carbons (Fsp3) is 0.320. The Morgan fingerprint density at radius 3 is 2.50 bits per heavy atom. The van der Waals surface area contributed by atoms with Crippen molar-refractivity contribution in [1.82, 2.24) is 5.32 Å². The zero-order chi connectivity index (χ0) is 21.2. The summed E-state index contributed by atoms with van der Waals surface area (Å²) in [6, 6.07) is 22.3. The number of furan rings is 1. The summed E-state index contributed by atoms with van der Waals surface area (Å²) in [6.45, 7) is 5.14. The molecular formula is C25H31N2O3+. The SMILES string of the molecule is CCCCNC(=O)c1ccc(C[NH+](Cc2ccccc2)Cc2cccc(OC)c2)o1. The van der Waals surface area contributed by atoms with Gasteiger partial charge in [-0.15, -0.1) is 0 Å². The Morgan fingerprint density at radius 2 is 1.73 bits per heavy atom. The van der Waals surface area contributed by atoms with Crippen molar-refractivity contribution in [3.05, 3.63) is 89.4 Å². The smallest absolute Gasteiger partial charge is 0.286 e. The van der Waals surface area contributed by atoms with Gasteiger partial charge in [0.15, 0.2) is 11.5 Å². The number of carbonyl (C=O) groups excluding carboxylic acids is 1. The van der Waals surface area contributed by atoms with Crippen LogP contribution in [0.4, 0.5) is 0 Å². The third kappa shape index (κ3) is 6.49. The zero-order valence-electron chi connectivity index (χ0n) is 17.8. The van der Waals surface area contributed by atoms with Gasteiger partial charge in [0.1, 0.15) is 25.4 Å². The maximum absolute atomic E-state index is 12.2. The lowest BCUT2D eigenvalue weighted by atomic mass is 10.1. The molecule has 0 fully saturated rings. The van der Waals surface area contributed by atoms with E-state index in [1.54, 1.807) is 13.2 Å². The molecule has 0 radical (unpaired) electrons. The Labute approximate surface area is 178 Å². The van der Waals surface area contributed by atoms with E-state index in [9.17, 15) is 4.79 Å². The highest BCUT2D eigenvalue weighted by Gasteiger charge is 2.17. The first-order valence-corrected chi connectivity index (χ1v) is 10.5. The van der Waals surface area contributed by atoms with Crippen LogP contribution in [-0.4, -0.2) is 19.6 Å². The van der Waals surface area contributed by atoms with Crippen molar-refractivity contribution in [3.63, 3.8) is 0 Å². The van der Waals surface area contributed by atoms with Crippen LogP contribution in [0, 0.1) is 0 Å². The molecule has 3 rings (SSSR count). The summed E-state index contributed by atoms with van der Waals surface area (Å²) < 4.78 is 11.2. The van der Waals surface area contributed by atoms with E-state index in [-0.39, 0.29) is 5.91 Å². The second kappa shape index (κ2) is 11.2. The second-order valence-electron chi connectivity index (χ2n) is 7.49. The predicted molar refractivity (Wildman–Crippen MR) is 117 cm³/mol. The molecule has 1 amide bonds. The molecule has 5 nitrogen and oxygen atoms in total. The van der Waals surface area contributed by atoms with E-state index in [0.29, 0.717) is 18.8 Å². The number of carbonyl (C=O) groups is 1. The summed E-state index contributed by atoms with van der Waals surface area (Å²) in [6.07, 6.45) is 2.01. The van der Waals surface area contributed by atoms with Crippen LogP contribution >= 0.6 is 0 Å². The minimum absolute atomic E-state index is 0.146. The van der Waals surface area contributed by atoms with Crippen molar-refractivity contribution in [1.29, 1.82) is 0 Å². The van der Waals surface area contributed by atoms with Crippen LogP contribution < -0.4 is 15.0 Å². The van der Waals surface area contributed by atoms with Crippen molar-refractivity contribution < 1.29 is 18.8 Å². The third-order valence-electron chi connectivity index (χ3n) is 5.01. The van der Waals surface area contributed by atoms with Crippen LogP contribution in [0.15, 0.2) is 71.1 Å². The lowest BCUT2D eigenvalue weighted by Crippen LogP contribution is -3.08. The fourth-order valence-corrected chi connectivity index (χ4v) is 3.45. The Morgan fingerprint density at radius 1 is 0.967 bits per heavy atom. The lowest BCUT2D eigenvalue weighted by Gasteiger charge is -2.19. The molecule has 1 atom stereocenters. The largest absolute Gasteiger partial charge is 0.497 e. The topological polar surface area (TPSA) is 55.9 Å². The normalized spacial score (nSPS) is 11.8. The van der Waals surface area contributed by atoms with E-state index in [0.717, 1.165) is 37.4 Å². The summed E-state index contributed by atoms with van der Waals surface area (Å²) >= 11 is 0. The average molecular weight is 408 g/mol. The monoisotopic (exact) mass is 407 g/mol. The number of ether oxygens (including phenoxy) is 1. The number of nitrogens with one attached hydrogen (secondary N) is 2. The zero-order valence-corrected chi connectivity index (χ0v) is 17.8. The van der Waals surface area contributed by atoms with Crippen molar-refractivity contribution in [2.45, 2.75) is 39.4 Å². The van der Waals surface area contributed by atoms with Crippen LogP contribution in [0.25, 0.3) is 0 Å². The number of benzene rings is 2. The van der Waals surface area contributed by atoms with Crippen LogP contribution in [0.3, 0.4) is 0 Å². The molecular weight excluding hydrogens is 376 g/mol. The van der Waals surface area contributed by atoms with E-state index in [4.69, 9.17) is 9.15 Å².